The normalized spacial score (nSPS) is 26.7. The number of hydrogen-bond acceptors (Lipinski definition) is 2. The SMILES string of the molecule is C=CC[C@@H]1C[C@@H](c2ccccc2)N(C)O1. The van der Waals surface area contributed by atoms with Gasteiger partial charge in [0.05, 0.1) is 12.1 Å². The Balaban J connectivity index is 2.08. The number of hydroxylamine groups is 2. The van der Waals surface area contributed by atoms with Crippen LogP contribution in [0.3, 0.4) is 0 Å². The molecular weight excluding hydrogens is 186 g/mol. The minimum atomic E-state index is 0.290. The van der Waals surface area contributed by atoms with E-state index in [2.05, 4.69) is 30.8 Å². The maximum absolute atomic E-state index is 5.73. The summed E-state index contributed by atoms with van der Waals surface area (Å²) in [7, 11) is 2.00. The molecule has 1 aliphatic rings. The van der Waals surface area contributed by atoms with E-state index in [1.807, 2.05) is 24.3 Å². The molecule has 1 aromatic carbocycles. The molecule has 80 valence electrons. The van der Waals surface area contributed by atoms with Crippen molar-refractivity contribution in [3.63, 3.8) is 0 Å². The summed E-state index contributed by atoms with van der Waals surface area (Å²) in [4.78, 5) is 5.73. The Bertz CT molecular complexity index is 323. The maximum Gasteiger partial charge on any atom is 0.0846 e. The lowest BCUT2D eigenvalue weighted by molar-refractivity contribution is -0.142. The van der Waals surface area contributed by atoms with E-state index in [1.54, 1.807) is 0 Å². The van der Waals surface area contributed by atoms with Crippen LogP contribution >= 0.6 is 0 Å². The molecule has 0 amide bonds. The molecular formula is C13H17NO. The Kier molecular flexibility index (Phi) is 3.19. The van der Waals surface area contributed by atoms with Gasteiger partial charge in [-0.15, -0.1) is 6.58 Å². The van der Waals surface area contributed by atoms with Crippen LogP contribution in [0.4, 0.5) is 0 Å². The van der Waals surface area contributed by atoms with E-state index in [1.165, 1.54) is 5.56 Å². The highest BCUT2D eigenvalue weighted by molar-refractivity contribution is 5.19. The molecule has 0 N–H and O–H groups in total. The van der Waals surface area contributed by atoms with Gasteiger partial charge < -0.3 is 0 Å². The van der Waals surface area contributed by atoms with Crippen molar-refractivity contribution in [2.24, 2.45) is 0 Å². The van der Waals surface area contributed by atoms with E-state index >= 15 is 0 Å². The second-order valence-electron chi connectivity index (χ2n) is 3.96. The monoisotopic (exact) mass is 203 g/mol. The van der Waals surface area contributed by atoms with Gasteiger partial charge in [0.15, 0.2) is 0 Å². The number of benzene rings is 1. The smallest absolute Gasteiger partial charge is 0.0846 e. The molecule has 0 radical (unpaired) electrons. The first-order valence-electron chi connectivity index (χ1n) is 5.36. The molecule has 1 saturated heterocycles. The van der Waals surface area contributed by atoms with Crippen molar-refractivity contribution in [1.29, 1.82) is 0 Å². The van der Waals surface area contributed by atoms with Gasteiger partial charge >= 0.3 is 0 Å². The highest BCUT2D eigenvalue weighted by Crippen LogP contribution is 2.33. The number of rotatable bonds is 3. The fourth-order valence-electron chi connectivity index (χ4n) is 2.10. The van der Waals surface area contributed by atoms with Crippen LogP contribution in [0.25, 0.3) is 0 Å². The Hall–Kier alpha value is -1.12. The highest BCUT2D eigenvalue weighted by atomic mass is 16.7. The van der Waals surface area contributed by atoms with E-state index in [0.29, 0.717) is 6.04 Å². The van der Waals surface area contributed by atoms with Crippen molar-refractivity contribution in [3.8, 4) is 0 Å². The summed E-state index contributed by atoms with van der Waals surface area (Å²) < 4.78 is 0. The zero-order valence-electron chi connectivity index (χ0n) is 9.10. The lowest BCUT2D eigenvalue weighted by atomic mass is 10.0. The van der Waals surface area contributed by atoms with Crippen molar-refractivity contribution >= 4 is 0 Å². The fourth-order valence-corrected chi connectivity index (χ4v) is 2.10. The van der Waals surface area contributed by atoms with Crippen molar-refractivity contribution in [2.45, 2.75) is 25.0 Å². The molecule has 0 aliphatic carbocycles. The van der Waals surface area contributed by atoms with Crippen molar-refractivity contribution < 1.29 is 4.84 Å². The van der Waals surface area contributed by atoms with Gasteiger partial charge in [-0.1, -0.05) is 36.4 Å². The third-order valence-electron chi connectivity index (χ3n) is 2.85. The highest BCUT2D eigenvalue weighted by Gasteiger charge is 2.30. The first-order chi connectivity index (χ1) is 7.31. The summed E-state index contributed by atoms with van der Waals surface area (Å²) in [6, 6.07) is 10.9. The van der Waals surface area contributed by atoms with Gasteiger partial charge in [0.2, 0.25) is 0 Å². The Morgan fingerprint density at radius 2 is 2.20 bits per heavy atom. The molecule has 2 heteroatoms. The lowest BCUT2D eigenvalue weighted by Gasteiger charge is -2.17. The van der Waals surface area contributed by atoms with Crippen LogP contribution in [0, 0.1) is 0 Å². The van der Waals surface area contributed by atoms with Gasteiger partial charge in [-0.25, -0.2) is 0 Å². The van der Waals surface area contributed by atoms with E-state index < -0.39 is 0 Å². The Morgan fingerprint density at radius 1 is 1.47 bits per heavy atom. The van der Waals surface area contributed by atoms with Crippen molar-refractivity contribution in [3.05, 3.63) is 48.6 Å². The van der Waals surface area contributed by atoms with E-state index in [0.717, 1.165) is 12.8 Å². The van der Waals surface area contributed by atoms with Gasteiger partial charge in [-0.2, -0.15) is 5.06 Å². The molecule has 2 nitrogen and oxygen atoms in total. The second kappa shape index (κ2) is 4.60. The molecule has 2 atom stereocenters. The van der Waals surface area contributed by atoms with Crippen LogP contribution in [0.15, 0.2) is 43.0 Å². The van der Waals surface area contributed by atoms with E-state index in [-0.39, 0.29) is 6.10 Å². The predicted octanol–water partition coefficient (Wildman–Crippen LogP) is 2.94. The molecule has 1 heterocycles. The van der Waals surface area contributed by atoms with Gasteiger partial charge in [0.1, 0.15) is 0 Å². The summed E-state index contributed by atoms with van der Waals surface area (Å²) in [6.45, 7) is 3.75. The molecule has 0 saturated carbocycles. The summed E-state index contributed by atoms with van der Waals surface area (Å²) >= 11 is 0. The van der Waals surface area contributed by atoms with Crippen LogP contribution in [-0.4, -0.2) is 18.2 Å². The third kappa shape index (κ3) is 2.28. The van der Waals surface area contributed by atoms with Crippen molar-refractivity contribution in [2.75, 3.05) is 7.05 Å². The molecule has 0 bridgehead atoms. The zero-order valence-corrected chi connectivity index (χ0v) is 9.10. The molecule has 15 heavy (non-hydrogen) atoms. The molecule has 0 unspecified atom stereocenters. The summed E-state index contributed by atoms with van der Waals surface area (Å²) in [5.74, 6) is 0. The second-order valence-corrected chi connectivity index (χ2v) is 3.96. The molecule has 1 fully saturated rings. The van der Waals surface area contributed by atoms with Crippen LogP contribution in [-0.2, 0) is 4.84 Å². The summed E-state index contributed by atoms with van der Waals surface area (Å²) in [5, 5.41) is 1.96. The lowest BCUT2D eigenvalue weighted by Crippen LogP contribution is -2.16. The Morgan fingerprint density at radius 3 is 2.87 bits per heavy atom. The maximum atomic E-state index is 5.73. The van der Waals surface area contributed by atoms with Crippen LogP contribution in [0.1, 0.15) is 24.4 Å². The average Bonchev–Trinajstić information content (AvgIpc) is 2.61. The average molecular weight is 203 g/mol. The van der Waals surface area contributed by atoms with Gasteiger partial charge in [-0.3, -0.25) is 4.84 Å². The molecule has 2 rings (SSSR count). The largest absolute Gasteiger partial charge is 0.295 e. The quantitative estimate of drug-likeness (QED) is 0.700. The van der Waals surface area contributed by atoms with E-state index in [9.17, 15) is 0 Å². The zero-order chi connectivity index (χ0) is 10.7. The van der Waals surface area contributed by atoms with Crippen LogP contribution < -0.4 is 0 Å². The standard InChI is InChI=1S/C13H17NO/c1-3-7-12-10-13(14(2)15-12)11-8-5-4-6-9-11/h3-6,8-9,12-13H,1,7,10H2,2H3/t12-,13+/m1/s1. The number of hydrogen-bond donors (Lipinski definition) is 0. The third-order valence-corrected chi connectivity index (χ3v) is 2.85. The number of nitrogens with zero attached hydrogens (tertiary/aromatic N) is 1. The first kappa shape index (κ1) is 10.4. The van der Waals surface area contributed by atoms with Crippen LogP contribution in [0.5, 0.6) is 0 Å². The predicted molar refractivity (Wildman–Crippen MR) is 61.3 cm³/mol. The fraction of sp³-hybridized carbons (Fsp3) is 0.385. The first-order valence-corrected chi connectivity index (χ1v) is 5.36. The van der Waals surface area contributed by atoms with Gasteiger partial charge in [0, 0.05) is 7.05 Å². The minimum Gasteiger partial charge on any atom is -0.295 e. The van der Waals surface area contributed by atoms with Gasteiger partial charge in [-0.05, 0) is 18.4 Å². The minimum absolute atomic E-state index is 0.290. The van der Waals surface area contributed by atoms with Crippen molar-refractivity contribution in [1.82, 2.24) is 5.06 Å². The summed E-state index contributed by atoms with van der Waals surface area (Å²) in [6.07, 6.45) is 4.18. The molecule has 1 aromatic rings. The molecule has 0 aromatic heterocycles. The topological polar surface area (TPSA) is 12.5 Å². The molecule has 0 spiro atoms. The van der Waals surface area contributed by atoms with Gasteiger partial charge in [0.25, 0.3) is 0 Å². The Labute approximate surface area is 91.1 Å². The summed E-state index contributed by atoms with van der Waals surface area (Å²) in [5.41, 5.74) is 1.33. The van der Waals surface area contributed by atoms with E-state index in [4.69, 9.17) is 4.84 Å². The molecule has 1 aliphatic heterocycles. The van der Waals surface area contributed by atoms with Crippen LogP contribution in [0.2, 0.25) is 0 Å².